The summed E-state index contributed by atoms with van der Waals surface area (Å²) in [4.78, 5) is 20.0. The van der Waals surface area contributed by atoms with Crippen molar-refractivity contribution in [3.63, 3.8) is 0 Å². The van der Waals surface area contributed by atoms with E-state index in [0.29, 0.717) is 43.6 Å². The van der Waals surface area contributed by atoms with Gasteiger partial charge >= 0.3 is 0 Å². The van der Waals surface area contributed by atoms with Crippen molar-refractivity contribution < 1.29 is 9.53 Å². The van der Waals surface area contributed by atoms with Gasteiger partial charge in [-0.2, -0.15) is 0 Å². The fourth-order valence-electron chi connectivity index (χ4n) is 1.62. The zero-order chi connectivity index (χ0) is 15.0. The molecule has 0 fully saturated rings. The van der Waals surface area contributed by atoms with E-state index in [1.54, 1.807) is 14.0 Å². The molecule has 112 valence electrons. The first-order valence-corrected chi connectivity index (χ1v) is 6.39. The second-order valence-electron chi connectivity index (χ2n) is 4.26. The maximum Gasteiger partial charge on any atom is 0.221 e. The molecule has 0 aliphatic carbocycles. The molecule has 0 atom stereocenters. The third kappa shape index (κ3) is 4.98. The van der Waals surface area contributed by atoms with Gasteiger partial charge in [-0.1, -0.05) is 0 Å². The Labute approximate surface area is 118 Å². The molecule has 0 aliphatic rings. The number of amides is 1. The second kappa shape index (κ2) is 8.28. The van der Waals surface area contributed by atoms with Crippen molar-refractivity contribution in [2.75, 3.05) is 37.5 Å². The van der Waals surface area contributed by atoms with Gasteiger partial charge in [0, 0.05) is 32.2 Å². The first-order valence-electron chi connectivity index (χ1n) is 6.39. The number of hydrogen-bond donors (Lipinski definition) is 4. The predicted molar refractivity (Wildman–Crippen MR) is 77.3 cm³/mol. The molecule has 0 bridgehead atoms. The number of rotatable bonds is 8. The van der Waals surface area contributed by atoms with Crippen molar-refractivity contribution in [1.29, 1.82) is 0 Å². The highest BCUT2D eigenvalue weighted by Crippen LogP contribution is 2.18. The summed E-state index contributed by atoms with van der Waals surface area (Å²) < 4.78 is 4.85. The third-order valence-corrected chi connectivity index (χ3v) is 2.67. The Morgan fingerprint density at radius 3 is 2.60 bits per heavy atom. The molecule has 5 N–H and O–H groups in total. The summed E-state index contributed by atoms with van der Waals surface area (Å²) in [5.41, 5.74) is 3.34. The minimum absolute atomic E-state index is 0.0323. The van der Waals surface area contributed by atoms with Gasteiger partial charge in [-0.05, 0) is 13.8 Å². The number of anilines is 2. The number of aryl methyl sites for hydroxylation is 1. The Hall–Kier alpha value is -1.93. The van der Waals surface area contributed by atoms with Gasteiger partial charge in [-0.3, -0.25) is 4.79 Å². The van der Waals surface area contributed by atoms with Gasteiger partial charge in [0.2, 0.25) is 5.91 Å². The van der Waals surface area contributed by atoms with Crippen molar-refractivity contribution in [1.82, 2.24) is 15.3 Å². The summed E-state index contributed by atoms with van der Waals surface area (Å²) in [5, 5.41) is 5.86. The van der Waals surface area contributed by atoms with Crippen LogP contribution in [0.2, 0.25) is 0 Å². The molecule has 1 rings (SSSR count). The van der Waals surface area contributed by atoms with Crippen molar-refractivity contribution in [3.05, 3.63) is 11.4 Å². The molecule has 1 aromatic heterocycles. The normalized spacial score (nSPS) is 10.2. The molecule has 20 heavy (non-hydrogen) atoms. The molecule has 8 heteroatoms. The van der Waals surface area contributed by atoms with E-state index in [9.17, 15) is 4.79 Å². The molecule has 0 unspecified atom stereocenters. The molecule has 0 saturated carbocycles. The topological polar surface area (TPSA) is 114 Å². The molecule has 1 amide bonds. The highest BCUT2D eigenvalue weighted by atomic mass is 16.5. The van der Waals surface area contributed by atoms with Crippen LogP contribution in [0.3, 0.4) is 0 Å². The monoisotopic (exact) mass is 282 g/mol. The van der Waals surface area contributed by atoms with Crippen molar-refractivity contribution in [2.45, 2.75) is 20.3 Å². The lowest BCUT2D eigenvalue weighted by Gasteiger charge is -2.12. The SMILES string of the molecule is COCCNC(=O)CCNc1nc(C)nc(NN)c1C. The van der Waals surface area contributed by atoms with E-state index >= 15 is 0 Å². The van der Waals surface area contributed by atoms with E-state index in [1.165, 1.54) is 0 Å². The van der Waals surface area contributed by atoms with Crippen LogP contribution in [0.15, 0.2) is 0 Å². The number of nitrogen functional groups attached to an aromatic ring is 1. The van der Waals surface area contributed by atoms with Crippen LogP contribution in [-0.2, 0) is 9.53 Å². The van der Waals surface area contributed by atoms with Gasteiger partial charge in [0.05, 0.1) is 6.61 Å². The summed E-state index contributed by atoms with van der Waals surface area (Å²) in [5.74, 6) is 7.21. The Kier molecular flexibility index (Phi) is 6.68. The van der Waals surface area contributed by atoms with Crippen LogP contribution in [-0.4, -0.2) is 42.7 Å². The lowest BCUT2D eigenvalue weighted by molar-refractivity contribution is -0.121. The Bertz CT molecular complexity index is 452. The summed E-state index contributed by atoms with van der Waals surface area (Å²) in [6, 6.07) is 0. The number of carbonyl (C=O) groups is 1. The van der Waals surface area contributed by atoms with Crippen LogP contribution in [0, 0.1) is 13.8 Å². The first-order chi connectivity index (χ1) is 9.58. The van der Waals surface area contributed by atoms with E-state index in [0.717, 1.165) is 5.56 Å². The van der Waals surface area contributed by atoms with E-state index in [4.69, 9.17) is 10.6 Å². The highest BCUT2D eigenvalue weighted by Gasteiger charge is 2.08. The average Bonchev–Trinajstić information content (AvgIpc) is 2.42. The number of nitrogens with two attached hydrogens (primary N) is 1. The van der Waals surface area contributed by atoms with E-state index < -0.39 is 0 Å². The lowest BCUT2D eigenvalue weighted by atomic mass is 10.3. The molecular formula is C12H22N6O2. The number of nitrogens with one attached hydrogen (secondary N) is 3. The number of ether oxygens (including phenoxy) is 1. The van der Waals surface area contributed by atoms with E-state index in [2.05, 4.69) is 26.0 Å². The molecule has 1 heterocycles. The quantitative estimate of drug-likeness (QED) is 0.300. The van der Waals surface area contributed by atoms with Crippen LogP contribution in [0.25, 0.3) is 0 Å². The molecule has 0 saturated heterocycles. The molecule has 0 aromatic carbocycles. The average molecular weight is 282 g/mol. The van der Waals surface area contributed by atoms with Crippen molar-refractivity contribution in [3.8, 4) is 0 Å². The molecule has 0 spiro atoms. The van der Waals surface area contributed by atoms with E-state index in [1.807, 2.05) is 6.92 Å². The van der Waals surface area contributed by atoms with E-state index in [-0.39, 0.29) is 5.91 Å². The smallest absolute Gasteiger partial charge is 0.221 e. The Morgan fingerprint density at radius 1 is 1.25 bits per heavy atom. The zero-order valence-electron chi connectivity index (χ0n) is 12.1. The van der Waals surface area contributed by atoms with Crippen LogP contribution < -0.4 is 21.9 Å². The third-order valence-electron chi connectivity index (χ3n) is 2.67. The number of nitrogens with zero attached hydrogens (tertiary/aromatic N) is 2. The van der Waals surface area contributed by atoms with Gasteiger partial charge in [-0.25, -0.2) is 15.8 Å². The summed E-state index contributed by atoms with van der Waals surface area (Å²) in [7, 11) is 1.59. The molecule has 0 radical (unpaired) electrons. The largest absolute Gasteiger partial charge is 0.383 e. The minimum Gasteiger partial charge on any atom is -0.383 e. The van der Waals surface area contributed by atoms with Gasteiger partial charge in [-0.15, -0.1) is 0 Å². The number of hydrogen-bond acceptors (Lipinski definition) is 7. The summed E-state index contributed by atoms with van der Waals surface area (Å²) in [6.07, 6.45) is 0.359. The van der Waals surface area contributed by atoms with Crippen LogP contribution in [0.4, 0.5) is 11.6 Å². The van der Waals surface area contributed by atoms with Gasteiger partial charge in [0.25, 0.3) is 0 Å². The molecule has 1 aromatic rings. The highest BCUT2D eigenvalue weighted by molar-refractivity contribution is 5.76. The van der Waals surface area contributed by atoms with Crippen LogP contribution in [0.1, 0.15) is 17.8 Å². The fourth-order valence-corrected chi connectivity index (χ4v) is 1.62. The van der Waals surface area contributed by atoms with Gasteiger partial charge in [0.1, 0.15) is 17.5 Å². The minimum atomic E-state index is -0.0323. The van der Waals surface area contributed by atoms with Crippen molar-refractivity contribution >= 4 is 17.5 Å². The number of hydrazine groups is 1. The predicted octanol–water partition coefficient (Wildman–Crippen LogP) is -0.0564. The molecule has 0 aliphatic heterocycles. The summed E-state index contributed by atoms with van der Waals surface area (Å²) in [6.45, 7) is 5.15. The zero-order valence-corrected chi connectivity index (χ0v) is 12.1. The maximum atomic E-state index is 11.5. The molecule has 8 nitrogen and oxygen atoms in total. The Morgan fingerprint density at radius 2 is 1.95 bits per heavy atom. The lowest BCUT2D eigenvalue weighted by Crippen LogP contribution is -2.28. The fraction of sp³-hybridized carbons (Fsp3) is 0.583. The van der Waals surface area contributed by atoms with Crippen LogP contribution in [0.5, 0.6) is 0 Å². The van der Waals surface area contributed by atoms with Gasteiger partial charge < -0.3 is 20.8 Å². The van der Waals surface area contributed by atoms with Crippen molar-refractivity contribution in [2.24, 2.45) is 5.84 Å². The number of aromatic nitrogens is 2. The summed E-state index contributed by atoms with van der Waals surface area (Å²) >= 11 is 0. The van der Waals surface area contributed by atoms with Crippen LogP contribution >= 0.6 is 0 Å². The van der Waals surface area contributed by atoms with Gasteiger partial charge in [0.15, 0.2) is 0 Å². The number of methoxy groups -OCH3 is 1. The number of carbonyl (C=O) groups excluding carboxylic acids is 1. The Balaban J connectivity index is 2.46. The first kappa shape index (κ1) is 16.1. The molecular weight excluding hydrogens is 260 g/mol. The maximum absolute atomic E-state index is 11.5. The standard InChI is InChI=1S/C12H22N6O2/c1-8-11(16-9(2)17-12(8)18-13)15-5-4-10(19)14-6-7-20-3/h4-7,13H2,1-3H3,(H,14,19)(H2,15,16,17,18). The second-order valence-corrected chi connectivity index (χ2v) is 4.26.